The first-order chi connectivity index (χ1) is 9.08. The lowest BCUT2D eigenvalue weighted by atomic mass is 10.3. The first-order valence-electron chi connectivity index (χ1n) is 5.43. The molecule has 0 aliphatic heterocycles. The standard InChI is InChI=1S/C10H16N2O6S2/c1-12(5-6-19(13,14)15)20(16,17)8-3-4-9(11)10(7-8)18-2/h3-4,7H,5-6,11H2,1-2H3,(H,13,14,15). The number of ether oxygens (including phenoxy) is 1. The molecular formula is C10H16N2O6S2. The molecule has 0 unspecified atom stereocenters. The number of nitrogens with zero attached hydrogens (tertiary/aromatic N) is 1. The van der Waals surface area contributed by atoms with E-state index in [2.05, 4.69) is 0 Å². The van der Waals surface area contributed by atoms with E-state index in [0.717, 1.165) is 4.31 Å². The lowest BCUT2D eigenvalue weighted by Gasteiger charge is -2.17. The maximum absolute atomic E-state index is 12.2. The normalized spacial score (nSPS) is 12.6. The van der Waals surface area contributed by atoms with Crippen molar-refractivity contribution >= 4 is 25.8 Å². The van der Waals surface area contributed by atoms with Gasteiger partial charge in [0.05, 0.1) is 23.4 Å². The highest BCUT2D eigenvalue weighted by Crippen LogP contribution is 2.26. The van der Waals surface area contributed by atoms with Gasteiger partial charge >= 0.3 is 0 Å². The van der Waals surface area contributed by atoms with Crippen molar-refractivity contribution in [3.63, 3.8) is 0 Å². The van der Waals surface area contributed by atoms with E-state index in [4.69, 9.17) is 15.0 Å². The third-order valence-electron chi connectivity index (χ3n) is 2.58. The molecule has 0 bridgehead atoms. The number of methoxy groups -OCH3 is 1. The molecule has 1 aromatic carbocycles. The monoisotopic (exact) mass is 324 g/mol. The predicted molar refractivity (Wildman–Crippen MR) is 73.6 cm³/mol. The molecule has 1 rings (SSSR count). The molecule has 3 N–H and O–H groups in total. The molecule has 0 atom stereocenters. The number of benzene rings is 1. The van der Waals surface area contributed by atoms with E-state index in [1.165, 1.54) is 32.4 Å². The van der Waals surface area contributed by atoms with E-state index in [1.807, 2.05) is 0 Å². The number of nitrogens with two attached hydrogens (primary N) is 1. The molecule has 0 aromatic heterocycles. The first kappa shape index (κ1) is 16.7. The summed E-state index contributed by atoms with van der Waals surface area (Å²) in [6, 6.07) is 3.91. The zero-order valence-corrected chi connectivity index (χ0v) is 12.6. The Morgan fingerprint density at radius 1 is 1.30 bits per heavy atom. The zero-order valence-electron chi connectivity index (χ0n) is 11.0. The summed E-state index contributed by atoms with van der Waals surface area (Å²) in [6.45, 7) is -0.367. The van der Waals surface area contributed by atoms with Crippen molar-refractivity contribution in [1.82, 2.24) is 4.31 Å². The van der Waals surface area contributed by atoms with Crippen molar-refractivity contribution in [2.75, 3.05) is 32.2 Å². The fourth-order valence-corrected chi connectivity index (χ4v) is 3.20. The highest BCUT2D eigenvalue weighted by atomic mass is 32.2. The molecule has 0 amide bonds. The lowest BCUT2D eigenvalue weighted by molar-refractivity contribution is 0.415. The molecule has 0 saturated carbocycles. The fourth-order valence-electron chi connectivity index (χ4n) is 1.40. The summed E-state index contributed by atoms with van der Waals surface area (Å²) in [4.78, 5) is -0.0820. The second-order valence-electron chi connectivity index (χ2n) is 4.02. The third-order valence-corrected chi connectivity index (χ3v) is 5.13. The molecule has 0 aliphatic carbocycles. The average Bonchev–Trinajstić information content (AvgIpc) is 2.35. The third kappa shape index (κ3) is 4.07. The number of hydrogen-bond donors (Lipinski definition) is 2. The van der Waals surface area contributed by atoms with Crippen LogP contribution in [0.25, 0.3) is 0 Å². The molecule has 8 nitrogen and oxygen atoms in total. The fraction of sp³-hybridized carbons (Fsp3) is 0.400. The van der Waals surface area contributed by atoms with Gasteiger partial charge < -0.3 is 10.5 Å². The molecule has 0 heterocycles. The number of nitrogen functional groups attached to an aromatic ring is 1. The van der Waals surface area contributed by atoms with Gasteiger partial charge in [-0.1, -0.05) is 0 Å². The largest absolute Gasteiger partial charge is 0.495 e. The van der Waals surface area contributed by atoms with Gasteiger partial charge in [-0.05, 0) is 12.1 Å². The molecule has 0 radical (unpaired) electrons. The van der Waals surface area contributed by atoms with Crippen molar-refractivity contribution in [2.24, 2.45) is 0 Å². The highest BCUT2D eigenvalue weighted by molar-refractivity contribution is 7.89. The molecular weight excluding hydrogens is 308 g/mol. The minimum Gasteiger partial charge on any atom is -0.495 e. The minimum atomic E-state index is -4.23. The van der Waals surface area contributed by atoms with Crippen molar-refractivity contribution in [1.29, 1.82) is 0 Å². The summed E-state index contributed by atoms with van der Waals surface area (Å²) in [6.07, 6.45) is 0. The number of rotatable bonds is 6. The van der Waals surface area contributed by atoms with Crippen LogP contribution in [0.3, 0.4) is 0 Å². The SMILES string of the molecule is COc1cc(S(=O)(=O)N(C)CCS(=O)(=O)O)ccc1N. The number of sulfonamides is 1. The summed E-state index contributed by atoms with van der Waals surface area (Å²) in [7, 11) is -5.56. The van der Waals surface area contributed by atoms with Crippen LogP contribution in [-0.4, -0.2) is 52.1 Å². The van der Waals surface area contributed by atoms with Gasteiger partial charge in [-0.25, -0.2) is 8.42 Å². The predicted octanol–water partition coefficient (Wildman–Crippen LogP) is -0.214. The second-order valence-corrected chi connectivity index (χ2v) is 7.63. The molecule has 0 saturated heterocycles. The minimum absolute atomic E-state index is 0.0820. The van der Waals surface area contributed by atoms with Gasteiger partial charge in [-0.2, -0.15) is 12.7 Å². The van der Waals surface area contributed by atoms with Gasteiger partial charge in [0, 0.05) is 19.7 Å². The summed E-state index contributed by atoms with van der Waals surface area (Å²) in [5.41, 5.74) is 5.87. The molecule has 0 fully saturated rings. The van der Waals surface area contributed by atoms with Crippen LogP contribution in [0, 0.1) is 0 Å². The van der Waals surface area contributed by atoms with Gasteiger partial charge in [0.15, 0.2) is 0 Å². The Hall–Kier alpha value is -1.36. The van der Waals surface area contributed by atoms with Crippen LogP contribution in [0.15, 0.2) is 23.1 Å². The van der Waals surface area contributed by atoms with Crippen LogP contribution in [-0.2, 0) is 20.1 Å². The summed E-state index contributed by atoms with van der Waals surface area (Å²) < 4.78 is 60.0. The maximum atomic E-state index is 12.2. The van der Waals surface area contributed by atoms with E-state index in [9.17, 15) is 16.8 Å². The molecule has 114 valence electrons. The Balaban J connectivity index is 3.04. The molecule has 10 heteroatoms. The van der Waals surface area contributed by atoms with Crippen LogP contribution in [0.1, 0.15) is 0 Å². The zero-order chi connectivity index (χ0) is 15.6. The van der Waals surface area contributed by atoms with Crippen molar-refractivity contribution < 1.29 is 26.1 Å². The highest BCUT2D eigenvalue weighted by Gasteiger charge is 2.23. The quantitative estimate of drug-likeness (QED) is 0.547. The second kappa shape index (κ2) is 5.95. The van der Waals surface area contributed by atoms with Crippen molar-refractivity contribution in [3.8, 4) is 5.75 Å². The Morgan fingerprint density at radius 2 is 1.90 bits per heavy atom. The molecule has 1 aromatic rings. The molecule has 0 aliphatic rings. The molecule has 0 spiro atoms. The van der Waals surface area contributed by atoms with E-state index in [-0.39, 0.29) is 22.9 Å². The smallest absolute Gasteiger partial charge is 0.266 e. The van der Waals surface area contributed by atoms with Gasteiger partial charge in [-0.3, -0.25) is 4.55 Å². The van der Waals surface area contributed by atoms with Gasteiger partial charge in [0.1, 0.15) is 5.75 Å². The van der Waals surface area contributed by atoms with Crippen LogP contribution >= 0.6 is 0 Å². The Kier molecular flexibility index (Phi) is 4.97. The van der Waals surface area contributed by atoms with E-state index in [1.54, 1.807) is 0 Å². The van der Waals surface area contributed by atoms with Gasteiger partial charge in [0.25, 0.3) is 10.1 Å². The Labute approximate surface area is 117 Å². The first-order valence-corrected chi connectivity index (χ1v) is 8.48. The van der Waals surface area contributed by atoms with Crippen LogP contribution in [0.4, 0.5) is 5.69 Å². The van der Waals surface area contributed by atoms with Gasteiger partial charge in [0.2, 0.25) is 10.0 Å². The van der Waals surface area contributed by atoms with Crippen molar-refractivity contribution in [2.45, 2.75) is 4.90 Å². The number of hydrogen-bond acceptors (Lipinski definition) is 6. The summed E-state index contributed by atoms with van der Waals surface area (Å²) in [5, 5.41) is 0. The van der Waals surface area contributed by atoms with Crippen LogP contribution < -0.4 is 10.5 Å². The maximum Gasteiger partial charge on any atom is 0.266 e. The molecule has 20 heavy (non-hydrogen) atoms. The lowest BCUT2D eigenvalue weighted by Crippen LogP contribution is -2.31. The number of anilines is 1. The van der Waals surface area contributed by atoms with E-state index >= 15 is 0 Å². The summed E-state index contributed by atoms with van der Waals surface area (Å²) in [5.74, 6) is -0.483. The Morgan fingerprint density at radius 3 is 2.40 bits per heavy atom. The van der Waals surface area contributed by atoms with Gasteiger partial charge in [-0.15, -0.1) is 0 Å². The Bertz CT molecular complexity index is 684. The van der Waals surface area contributed by atoms with Crippen LogP contribution in [0.5, 0.6) is 5.75 Å². The van der Waals surface area contributed by atoms with Crippen LogP contribution in [0.2, 0.25) is 0 Å². The topological polar surface area (TPSA) is 127 Å². The van der Waals surface area contributed by atoms with E-state index in [0.29, 0.717) is 0 Å². The average molecular weight is 324 g/mol. The van der Waals surface area contributed by atoms with Crippen molar-refractivity contribution in [3.05, 3.63) is 18.2 Å². The van der Waals surface area contributed by atoms with E-state index < -0.39 is 25.9 Å². The summed E-state index contributed by atoms with van der Waals surface area (Å²) >= 11 is 0.